The van der Waals surface area contributed by atoms with E-state index < -0.39 is 5.97 Å². The summed E-state index contributed by atoms with van der Waals surface area (Å²) in [6.45, 7) is 4.17. The molecule has 1 fully saturated rings. The summed E-state index contributed by atoms with van der Waals surface area (Å²) in [6, 6.07) is 5.41. The quantitative estimate of drug-likeness (QED) is 0.868. The first kappa shape index (κ1) is 14.4. The van der Waals surface area contributed by atoms with Gasteiger partial charge < -0.3 is 15.3 Å². The van der Waals surface area contributed by atoms with Crippen molar-refractivity contribution in [2.45, 2.75) is 26.7 Å². The van der Waals surface area contributed by atoms with Crippen LogP contribution in [0.1, 0.15) is 24.0 Å². The van der Waals surface area contributed by atoms with Crippen LogP contribution in [-0.2, 0) is 4.79 Å². The van der Waals surface area contributed by atoms with Crippen molar-refractivity contribution in [2.75, 3.05) is 18.4 Å². The number of carbonyl (C=O) groups is 2. The Morgan fingerprint density at radius 3 is 2.60 bits per heavy atom. The first-order chi connectivity index (χ1) is 9.45. The highest BCUT2D eigenvalue weighted by molar-refractivity contribution is 5.92. The fourth-order valence-electron chi connectivity index (χ4n) is 2.14. The van der Waals surface area contributed by atoms with E-state index in [0.717, 1.165) is 29.7 Å². The predicted molar refractivity (Wildman–Crippen MR) is 76.9 cm³/mol. The summed E-state index contributed by atoms with van der Waals surface area (Å²) in [5.41, 5.74) is 2.83. The van der Waals surface area contributed by atoms with Gasteiger partial charge in [0.2, 0.25) is 0 Å². The van der Waals surface area contributed by atoms with Crippen LogP contribution in [0.5, 0.6) is 0 Å². The molecule has 0 radical (unpaired) electrons. The minimum absolute atomic E-state index is 0.257. The zero-order valence-corrected chi connectivity index (χ0v) is 11.8. The Hall–Kier alpha value is -2.04. The van der Waals surface area contributed by atoms with Crippen molar-refractivity contribution in [3.63, 3.8) is 0 Å². The van der Waals surface area contributed by atoms with Crippen LogP contribution in [0.15, 0.2) is 18.2 Å². The van der Waals surface area contributed by atoms with Crippen LogP contribution in [0.4, 0.5) is 10.5 Å². The monoisotopic (exact) mass is 276 g/mol. The van der Waals surface area contributed by atoms with Crippen LogP contribution in [0.25, 0.3) is 0 Å². The van der Waals surface area contributed by atoms with Crippen LogP contribution in [0, 0.1) is 19.8 Å². The molecule has 2 amide bonds. The number of benzene rings is 1. The minimum Gasteiger partial charge on any atom is -0.480 e. The fourth-order valence-corrected chi connectivity index (χ4v) is 2.14. The topological polar surface area (TPSA) is 69.6 Å². The van der Waals surface area contributed by atoms with Gasteiger partial charge in [-0.05, 0) is 44.2 Å². The van der Waals surface area contributed by atoms with Gasteiger partial charge >= 0.3 is 12.0 Å². The minimum atomic E-state index is -0.985. The van der Waals surface area contributed by atoms with Gasteiger partial charge in [-0.25, -0.2) is 4.79 Å². The summed E-state index contributed by atoms with van der Waals surface area (Å²) in [7, 11) is 0. The molecule has 2 rings (SSSR count). The second-order valence-corrected chi connectivity index (χ2v) is 5.47. The lowest BCUT2D eigenvalue weighted by molar-refractivity contribution is -0.137. The molecule has 5 heteroatoms. The van der Waals surface area contributed by atoms with Crippen LogP contribution >= 0.6 is 0 Å². The zero-order valence-electron chi connectivity index (χ0n) is 11.8. The molecule has 0 saturated heterocycles. The number of hydrogen-bond donors (Lipinski definition) is 2. The van der Waals surface area contributed by atoms with Gasteiger partial charge in [-0.2, -0.15) is 0 Å². The molecule has 1 aliphatic rings. The number of aliphatic carboxylic acids is 1. The third-order valence-corrected chi connectivity index (χ3v) is 3.41. The Balaban J connectivity index is 2.04. The SMILES string of the molecule is Cc1ccc(NC(=O)N(CC(=O)O)CC2CC2)c(C)c1. The van der Waals surface area contributed by atoms with Gasteiger partial charge in [0.1, 0.15) is 6.54 Å². The maximum atomic E-state index is 12.2. The standard InChI is InChI=1S/C15H20N2O3/c1-10-3-6-13(11(2)7-10)16-15(20)17(9-14(18)19)8-12-4-5-12/h3,6-7,12H,4-5,8-9H2,1-2H3,(H,16,20)(H,18,19). The Bertz CT molecular complexity index is 524. The highest BCUT2D eigenvalue weighted by atomic mass is 16.4. The molecule has 5 nitrogen and oxygen atoms in total. The van der Waals surface area contributed by atoms with E-state index in [4.69, 9.17) is 5.11 Å². The number of carboxylic acids is 1. The molecule has 1 aliphatic carbocycles. The maximum absolute atomic E-state index is 12.2. The molecule has 2 N–H and O–H groups in total. The van der Waals surface area contributed by atoms with Gasteiger partial charge in [-0.15, -0.1) is 0 Å². The maximum Gasteiger partial charge on any atom is 0.323 e. The molecule has 0 aromatic heterocycles. The van der Waals surface area contributed by atoms with Crippen molar-refractivity contribution >= 4 is 17.7 Å². The number of nitrogens with one attached hydrogen (secondary N) is 1. The smallest absolute Gasteiger partial charge is 0.323 e. The molecular formula is C15H20N2O3. The molecule has 0 spiro atoms. The summed E-state index contributed by atoms with van der Waals surface area (Å²) in [4.78, 5) is 24.4. The van der Waals surface area contributed by atoms with Gasteiger partial charge in [-0.1, -0.05) is 17.7 Å². The van der Waals surface area contributed by atoms with Gasteiger partial charge in [0.15, 0.2) is 0 Å². The highest BCUT2D eigenvalue weighted by Gasteiger charge is 2.28. The van der Waals surface area contributed by atoms with E-state index in [1.807, 2.05) is 32.0 Å². The average molecular weight is 276 g/mol. The van der Waals surface area contributed by atoms with E-state index in [9.17, 15) is 9.59 Å². The number of anilines is 1. The van der Waals surface area contributed by atoms with Crippen molar-refractivity contribution in [3.05, 3.63) is 29.3 Å². The Morgan fingerprint density at radius 1 is 1.35 bits per heavy atom. The summed E-state index contributed by atoms with van der Waals surface area (Å²) in [5, 5.41) is 11.7. The van der Waals surface area contributed by atoms with Crippen molar-refractivity contribution in [2.24, 2.45) is 5.92 Å². The lowest BCUT2D eigenvalue weighted by Crippen LogP contribution is -2.40. The molecule has 0 atom stereocenters. The largest absolute Gasteiger partial charge is 0.480 e. The second kappa shape index (κ2) is 5.94. The molecule has 1 aromatic rings. The van der Waals surface area contributed by atoms with Gasteiger partial charge in [0, 0.05) is 12.2 Å². The van der Waals surface area contributed by atoms with E-state index in [0.29, 0.717) is 12.5 Å². The number of hydrogen-bond acceptors (Lipinski definition) is 2. The van der Waals surface area contributed by atoms with E-state index >= 15 is 0 Å². The molecule has 0 unspecified atom stereocenters. The molecule has 108 valence electrons. The van der Waals surface area contributed by atoms with Gasteiger partial charge in [-0.3, -0.25) is 4.79 Å². The Morgan fingerprint density at radius 2 is 2.05 bits per heavy atom. The number of amides is 2. The normalized spacial score (nSPS) is 13.9. The lowest BCUT2D eigenvalue weighted by atomic mass is 10.1. The molecule has 1 saturated carbocycles. The number of carbonyl (C=O) groups excluding carboxylic acids is 1. The van der Waals surface area contributed by atoms with E-state index in [-0.39, 0.29) is 12.6 Å². The summed E-state index contributed by atoms with van der Waals surface area (Å²) >= 11 is 0. The van der Waals surface area contributed by atoms with E-state index in [1.54, 1.807) is 0 Å². The molecule has 20 heavy (non-hydrogen) atoms. The number of rotatable bonds is 5. The molecule has 0 aliphatic heterocycles. The van der Waals surface area contributed by atoms with Crippen molar-refractivity contribution < 1.29 is 14.7 Å². The summed E-state index contributed by atoms with van der Waals surface area (Å²) in [6.07, 6.45) is 2.15. The number of carboxylic acid groups (broad SMARTS) is 1. The fraction of sp³-hybridized carbons (Fsp3) is 0.467. The number of urea groups is 1. The molecular weight excluding hydrogens is 256 g/mol. The van der Waals surface area contributed by atoms with Gasteiger partial charge in [0.05, 0.1) is 0 Å². The third kappa shape index (κ3) is 3.98. The first-order valence-corrected chi connectivity index (χ1v) is 6.80. The van der Waals surface area contributed by atoms with Crippen molar-refractivity contribution in [1.82, 2.24) is 4.90 Å². The zero-order chi connectivity index (χ0) is 14.7. The summed E-state index contributed by atoms with van der Waals surface area (Å²) < 4.78 is 0. The first-order valence-electron chi connectivity index (χ1n) is 6.80. The molecule has 1 aromatic carbocycles. The third-order valence-electron chi connectivity index (χ3n) is 3.41. The molecule has 0 bridgehead atoms. The van der Waals surface area contributed by atoms with Crippen LogP contribution in [0.3, 0.4) is 0 Å². The summed E-state index contributed by atoms with van der Waals surface area (Å²) in [5.74, 6) is -0.527. The Labute approximate surface area is 118 Å². The van der Waals surface area contributed by atoms with Crippen molar-refractivity contribution in [1.29, 1.82) is 0 Å². The molecule has 0 heterocycles. The predicted octanol–water partition coefficient (Wildman–Crippen LogP) is 2.63. The number of nitrogens with zero attached hydrogens (tertiary/aromatic N) is 1. The lowest BCUT2D eigenvalue weighted by Gasteiger charge is -2.21. The van der Waals surface area contributed by atoms with Crippen molar-refractivity contribution in [3.8, 4) is 0 Å². The van der Waals surface area contributed by atoms with Gasteiger partial charge in [0.25, 0.3) is 0 Å². The average Bonchev–Trinajstić information content (AvgIpc) is 3.15. The van der Waals surface area contributed by atoms with E-state index in [1.165, 1.54) is 4.90 Å². The second-order valence-electron chi connectivity index (χ2n) is 5.47. The van der Waals surface area contributed by atoms with Crippen LogP contribution in [-0.4, -0.2) is 35.1 Å². The van der Waals surface area contributed by atoms with Crippen LogP contribution < -0.4 is 5.32 Å². The van der Waals surface area contributed by atoms with E-state index in [2.05, 4.69) is 5.32 Å². The number of aryl methyl sites for hydroxylation is 2. The highest BCUT2D eigenvalue weighted by Crippen LogP contribution is 2.30. The Kier molecular flexibility index (Phi) is 4.27. The van der Waals surface area contributed by atoms with Crippen LogP contribution in [0.2, 0.25) is 0 Å².